The molecule has 1 heterocycles. The lowest BCUT2D eigenvalue weighted by Gasteiger charge is -2.05. The molecule has 0 aliphatic rings. The summed E-state index contributed by atoms with van der Waals surface area (Å²) in [4.78, 5) is 15.4. The number of nitrogens with zero attached hydrogens (tertiary/aromatic N) is 1. The molecule has 1 aromatic carbocycles. The molecule has 0 radical (unpaired) electrons. The summed E-state index contributed by atoms with van der Waals surface area (Å²) in [7, 11) is 0. The predicted molar refractivity (Wildman–Crippen MR) is 60.3 cm³/mol. The average Bonchev–Trinajstić information content (AvgIpc) is 2.29. The van der Waals surface area contributed by atoms with Crippen LogP contribution in [0.1, 0.15) is 10.5 Å². The normalized spacial score (nSPS) is 9.94. The molecule has 0 saturated heterocycles. The zero-order chi connectivity index (χ0) is 12.3. The molecule has 0 aliphatic heterocycles. The molecule has 2 aromatic rings. The number of aromatic nitrogens is 1. The smallest absolute Gasteiger partial charge is 0.278 e. The topological polar surface area (TPSA) is 62.2 Å². The van der Waals surface area contributed by atoms with Crippen LogP contribution in [0.2, 0.25) is 0 Å². The number of pyridine rings is 1. The first kappa shape index (κ1) is 11.1. The number of anilines is 1. The maximum atomic E-state index is 12.9. The van der Waals surface area contributed by atoms with Gasteiger partial charge in [0.25, 0.3) is 5.91 Å². The second-order valence-electron chi connectivity index (χ2n) is 3.34. The summed E-state index contributed by atoms with van der Waals surface area (Å²) < 4.78 is 12.9. The zero-order valence-corrected chi connectivity index (χ0v) is 8.72. The molecule has 0 bridgehead atoms. The van der Waals surface area contributed by atoms with E-state index in [0.717, 1.165) is 0 Å². The molecule has 17 heavy (non-hydrogen) atoms. The number of aromatic hydroxyl groups is 1. The Balaban J connectivity index is 2.20. The molecule has 0 spiro atoms. The lowest BCUT2D eigenvalue weighted by atomic mass is 10.2. The Morgan fingerprint density at radius 1 is 1.29 bits per heavy atom. The number of carbonyl (C=O) groups excluding carboxylic acids is 1. The number of amides is 1. The van der Waals surface area contributed by atoms with Crippen molar-refractivity contribution >= 4 is 11.6 Å². The second kappa shape index (κ2) is 4.61. The van der Waals surface area contributed by atoms with Gasteiger partial charge in [0.05, 0.1) is 0 Å². The van der Waals surface area contributed by atoms with Crippen molar-refractivity contribution in [3.63, 3.8) is 0 Å². The summed E-state index contributed by atoms with van der Waals surface area (Å²) in [5, 5.41) is 11.9. The van der Waals surface area contributed by atoms with Crippen molar-refractivity contribution in [2.75, 3.05) is 5.32 Å². The van der Waals surface area contributed by atoms with Crippen LogP contribution in [-0.2, 0) is 0 Å². The van der Waals surface area contributed by atoms with Gasteiger partial charge in [-0.2, -0.15) is 0 Å². The summed E-state index contributed by atoms with van der Waals surface area (Å²) >= 11 is 0. The molecule has 1 amide bonds. The first-order valence-electron chi connectivity index (χ1n) is 4.88. The lowest BCUT2D eigenvalue weighted by molar-refractivity contribution is 0.101. The van der Waals surface area contributed by atoms with Crippen LogP contribution >= 0.6 is 0 Å². The van der Waals surface area contributed by atoms with Gasteiger partial charge in [-0.1, -0.05) is 6.07 Å². The van der Waals surface area contributed by atoms with Gasteiger partial charge >= 0.3 is 0 Å². The molecule has 0 saturated carbocycles. The molecule has 86 valence electrons. The van der Waals surface area contributed by atoms with E-state index in [1.54, 1.807) is 6.07 Å². The van der Waals surface area contributed by atoms with E-state index in [4.69, 9.17) is 0 Å². The zero-order valence-electron chi connectivity index (χ0n) is 8.72. The van der Waals surface area contributed by atoms with E-state index in [-0.39, 0.29) is 11.4 Å². The van der Waals surface area contributed by atoms with E-state index in [1.807, 2.05) is 0 Å². The van der Waals surface area contributed by atoms with Gasteiger partial charge in [0, 0.05) is 11.9 Å². The fourth-order valence-corrected chi connectivity index (χ4v) is 1.33. The molecule has 4 nitrogen and oxygen atoms in total. The highest BCUT2D eigenvalue weighted by atomic mass is 19.1. The summed E-state index contributed by atoms with van der Waals surface area (Å²) in [5.74, 6) is -1.26. The van der Waals surface area contributed by atoms with Crippen LogP contribution in [0.25, 0.3) is 0 Å². The number of carbonyl (C=O) groups is 1. The monoisotopic (exact) mass is 232 g/mol. The Hall–Kier alpha value is -2.43. The third-order valence-electron chi connectivity index (χ3n) is 2.08. The van der Waals surface area contributed by atoms with E-state index in [0.29, 0.717) is 5.69 Å². The molecule has 2 rings (SSSR count). The summed E-state index contributed by atoms with van der Waals surface area (Å²) in [6.07, 6.45) is 1.39. The Morgan fingerprint density at radius 2 is 2.12 bits per heavy atom. The van der Waals surface area contributed by atoms with Crippen LogP contribution in [0.15, 0.2) is 42.6 Å². The summed E-state index contributed by atoms with van der Waals surface area (Å²) in [6, 6.07) is 8.33. The second-order valence-corrected chi connectivity index (χ2v) is 3.34. The number of hydrogen-bond donors (Lipinski definition) is 2. The van der Waals surface area contributed by atoms with Crippen molar-refractivity contribution in [1.82, 2.24) is 4.98 Å². The van der Waals surface area contributed by atoms with Crippen LogP contribution in [0.4, 0.5) is 10.1 Å². The SMILES string of the molecule is O=C(Nc1cccc(F)c1)c1ncccc1O. The van der Waals surface area contributed by atoms with E-state index in [2.05, 4.69) is 10.3 Å². The number of benzene rings is 1. The highest BCUT2D eigenvalue weighted by Crippen LogP contribution is 2.15. The Kier molecular flexibility index (Phi) is 3.00. The maximum Gasteiger partial charge on any atom is 0.278 e. The lowest BCUT2D eigenvalue weighted by Crippen LogP contribution is -2.13. The van der Waals surface area contributed by atoms with Crippen molar-refractivity contribution in [3.8, 4) is 5.75 Å². The van der Waals surface area contributed by atoms with Gasteiger partial charge in [-0.25, -0.2) is 9.37 Å². The molecule has 1 aromatic heterocycles. The molecule has 0 aliphatic carbocycles. The number of rotatable bonds is 2. The van der Waals surface area contributed by atoms with Crippen molar-refractivity contribution in [2.24, 2.45) is 0 Å². The minimum Gasteiger partial charge on any atom is -0.505 e. The molecule has 0 atom stereocenters. The van der Waals surface area contributed by atoms with Gasteiger partial charge in [-0.05, 0) is 30.3 Å². The van der Waals surface area contributed by atoms with Gasteiger partial charge in [0.15, 0.2) is 5.69 Å². The molecular formula is C12H9FN2O2. The quantitative estimate of drug-likeness (QED) is 0.834. The van der Waals surface area contributed by atoms with E-state index in [9.17, 15) is 14.3 Å². The van der Waals surface area contributed by atoms with Gasteiger partial charge in [0.2, 0.25) is 0 Å². The van der Waals surface area contributed by atoms with Crippen LogP contribution in [-0.4, -0.2) is 16.0 Å². The van der Waals surface area contributed by atoms with Crippen molar-refractivity contribution < 1.29 is 14.3 Å². The molecular weight excluding hydrogens is 223 g/mol. The summed E-state index contributed by atoms with van der Waals surface area (Å²) in [5.41, 5.74) is 0.205. The molecule has 5 heteroatoms. The van der Waals surface area contributed by atoms with Crippen LogP contribution in [0, 0.1) is 5.82 Å². The largest absolute Gasteiger partial charge is 0.505 e. The van der Waals surface area contributed by atoms with Crippen LogP contribution in [0.3, 0.4) is 0 Å². The Bertz CT molecular complexity index is 558. The number of halogens is 1. The Morgan fingerprint density at radius 3 is 2.82 bits per heavy atom. The summed E-state index contributed by atoms with van der Waals surface area (Å²) in [6.45, 7) is 0. The van der Waals surface area contributed by atoms with Crippen molar-refractivity contribution in [1.29, 1.82) is 0 Å². The first-order valence-corrected chi connectivity index (χ1v) is 4.88. The first-order chi connectivity index (χ1) is 8.16. The van der Waals surface area contributed by atoms with Crippen molar-refractivity contribution in [3.05, 3.63) is 54.1 Å². The van der Waals surface area contributed by atoms with E-state index >= 15 is 0 Å². The minimum absolute atomic E-state index is 0.100. The standard InChI is InChI=1S/C12H9FN2O2/c13-8-3-1-4-9(7-8)15-12(17)11-10(16)5-2-6-14-11/h1-7,16H,(H,15,17). The maximum absolute atomic E-state index is 12.9. The van der Waals surface area contributed by atoms with E-state index < -0.39 is 11.7 Å². The van der Waals surface area contributed by atoms with Gasteiger partial charge < -0.3 is 10.4 Å². The fraction of sp³-hybridized carbons (Fsp3) is 0. The number of hydrogen-bond acceptors (Lipinski definition) is 3. The van der Waals surface area contributed by atoms with Gasteiger partial charge in [-0.15, -0.1) is 0 Å². The third kappa shape index (κ3) is 2.57. The van der Waals surface area contributed by atoms with Crippen molar-refractivity contribution in [2.45, 2.75) is 0 Å². The predicted octanol–water partition coefficient (Wildman–Crippen LogP) is 2.18. The molecule has 2 N–H and O–H groups in total. The van der Waals surface area contributed by atoms with Gasteiger partial charge in [0.1, 0.15) is 11.6 Å². The highest BCUT2D eigenvalue weighted by molar-refractivity contribution is 6.04. The minimum atomic E-state index is -0.589. The molecule has 0 fully saturated rings. The Labute approximate surface area is 96.7 Å². The van der Waals surface area contributed by atoms with Gasteiger partial charge in [-0.3, -0.25) is 4.79 Å². The number of nitrogens with one attached hydrogen (secondary N) is 1. The van der Waals surface area contributed by atoms with E-state index in [1.165, 1.54) is 36.5 Å². The molecule has 0 unspecified atom stereocenters. The fourth-order valence-electron chi connectivity index (χ4n) is 1.33. The van der Waals surface area contributed by atoms with Crippen LogP contribution in [0.5, 0.6) is 5.75 Å². The van der Waals surface area contributed by atoms with Crippen LogP contribution < -0.4 is 5.32 Å². The highest BCUT2D eigenvalue weighted by Gasteiger charge is 2.12. The third-order valence-corrected chi connectivity index (χ3v) is 2.08. The average molecular weight is 232 g/mol.